The first-order valence-corrected chi connectivity index (χ1v) is 8.83. The van der Waals surface area contributed by atoms with Gasteiger partial charge in [-0.25, -0.2) is 4.98 Å². The number of halogens is 1. The van der Waals surface area contributed by atoms with Gasteiger partial charge in [0.2, 0.25) is 0 Å². The molecule has 0 aliphatic carbocycles. The highest BCUT2D eigenvalue weighted by Gasteiger charge is 2.37. The van der Waals surface area contributed by atoms with Gasteiger partial charge in [-0.05, 0) is 23.8 Å². The molecule has 4 aromatic rings. The second-order valence-corrected chi connectivity index (χ2v) is 7.48. The van der Waals surface area contributed by atoms with Crippen LogP contribution in [0.25, 0.3) is 28.1 Å². The molecule has 0 saturated heterocycles. The Morgan fingerprint density at radius 2 is 1.64 bits per heavy atom. The highest BCUT2D eigenvalue weighted by atomic mass is 35.5. The maximum absolute atomic E-state index is 6.66. The van der Waals surface area contributed by atoms with Crippen molar-refractivity contribution in [1.29, 1.82) is 0 Å². The maximum atomic E-state index is 6.66. The molecule has 0 atom stereocenters. The molecule has 3 aromatic carbocycles. The van der Waals surface area contributed by atoms with Gasteiger partial charge in [0.25, 0.3) is 0 Å². The lowest BCUT2D eigenvalue weighted by Crippen LogP contribution is -2.27. The number of benzene rings is 3. The van der Waals surface area contributed by atoms with E-state index in [2.05, 4.69) is 66.9 Å². The summed E-state index contributed by atoms with van der Waals surface area (Å²) in [5, 5.41) is 0.804. The van der Waals surface area contributed by atoms with Crippen LogP contribution in [-0.2, 0) is 5.41 Å². The lowest BCUT2D eigenvalue weighted by Gasteiger charge is -2.35. The summed E-state index contributed by atoms with van der Waals surface area (Å²) in [6.07, 6.45) is 0. The number of hydrogen-bond donors (Lipinski definition) is 0. The van der Waals surface area contributed by atoms with Gasteiger partial charge in [-0.2, -0.15) is 0 Å². The minimum Gasteiger partial charge on any atom is -0.292 e. The van der Waals surface area contributed by atoms with Crippen molar-refractivity contribution >= 4 is 22.6 Å². The third kappa shape index (κ3) is 1.89. The minimum atomic E-state index is -0.169. The van der Waals surface area contributed by atoms with Gasteiger partial charge in [0.15, 0.2) is 0 Å². The number of hydrogen-bond acceptors (Lipinski definition) is 1. The zero-order valence-corrected chi connectivity index (χ0v) is 14.9. The smallest absolute Gasteiger partial charge is 0.145 e. The van der Waals surface area contributed by atoms with Gasteiger partial charge in [0.05, 0.1) is 16.7 Å². The summed E-state index contributed by atoms with van der Waals surface area (Å²) in [4.78, 5) is 4.97. The van der Waals surface area contributed by atoms with Crippen LogP contribution in [0.15, 0.2) is 66.7 Å². The summed E-state index contributed by atoms with van der Waals surface area (Å²) in [7, 11) is 0. The molecule has 3 heteroatoms. The topological polar surface area (TPSA) is 17.8 Å². The van der Waals surface area contributed by atoms with Crippen LogP contribution in [0.4, 0.5) is 0 Å². The van der Waals surface area contributed by atoms with E-state index in [4.69, 9.17) is 16.6 Å². The van der Waals surface area contributed by atoms with E-state index in [1.807, 2.05) is 18.2 Å². The summed E-state index contributed by atoms with van der Waals surface area (Å²) < 4.78 is 2.27. The van der Waals surface area contributed by atoms with E-state index >= 15 is 0 Å². The van der Waals surface area contributed by atoms with Crippen LogP contribution in [0.2, 0.25) is 5.02 Å². The second kappa shape index (κ2) is 4.96. The molecule has 0 amide bonds. The van der Waals surface area contributed by atoms with Crippen LogP contribution < -0.4 is 0 Å². The zero-order valence-electron chi connectivity index (χ0n) is 14.1. The Hall–Kier alpha value is -2.58. The Morgan fingerprint density at radius 3 is 2.44 bits per heavy atom. The number of imidazole rings is 1. The lowest BCUT2D eigenvalue weighted by atomic mass is 9.75. The SMILES string of the molecule is CC1(C)c2c(Cl)cccc2-n2c(-c3ccccc3)nc3cccc1c32. The van der Waals surface area contributed by atoms with Gasteiger partial charge < -0.3 is 0 Å². The summed E-state index contributed by atoms with van der Waals surface area (Å²) in [5.74, 6) is 0.960. The average Bonchev–Trinajstić information content (AvgIpc) is 3.00. The fourth-order valence-electron chi connectivity index (χ4n) is 4.10. The summed E-state index contributed by atoms with van der Waals surface area (Å²) in [5.41, 5.74) is 6.69. The third-order valence-corrected chi connectivity index (χ3v) is 5.55. The molecule has 0 spiro atoms. The fourth-order valence-corrected chi connectivity index (χ4v) is 4.50. The van der Waals surface area contributed by atoms with Crippen molar-refractivity contribution in [2.24, 2.45) is 0 Å². The van der Waals surface area contributed by atoms with E-state index in [-0.39, 0.29) is 5.41 Å². The molecule has 0 saturated carbocycles. The van der Waals surface area contributed by atoms with Crippen molar-refractivity contribution in [3.8, 4) is 17.1 Å². The predicted molar refractivity (Wildman–Crippen MR) is 104 cm³/mol. The van der Waals surface area contributed by atoms with Gasteiger partial charge in [-0.15, -0.1) is 0 Å². The molecule has 1 aromatic heterocycles. The molecular formula is C22H17ClN2. The summed E-state index contributed by atoms with van der Waals surface area (Å²) in [6.45, 7) is 4.48. The Kier molecular flexibility index (Phi) is 2.93. The molecular weight excluding hydrogens is 328 g/mol. The van der Waals surface area contributed by atoms with Crippen molar-refractivity contribution in [1.82, 2.24) is 9.55 Å². The van der Waals surface area contributed by atoms with Crippen LogP contribution in [0.1, 0.15) is 25.0 Å². The first kappa shape index (κ1) is 14.7. The fraction of sp³-hybridized carbons (Fsp3) is 0.136. The predicted octanol–water partition coefficient (Wildman–Crippen LogP) is 5.99. The van der Waals surface area contributed by atoms with Gasteiger partial charge in [0.1, 0.15) is 5.82 Å². The third-order valence-electron chi connectivity index (χ3n) is 5.24. The van der Waals surface area contributed by atoms with Crippen LogP contribution >= 0.6 is 11.6 Å². The van der Waals surface area contributed by atoms with Crippen LogP contribution in [0.5, 0.6) is 0 Å². The molecule has 2 heterocycles. The number of rotatable bonds is 1. The summed E-state index contributed by atoms with van der Waals surface area (Å²) in [6, 6.07) is 22.9. The van der Waals surface area contributed by atoms with Crippen LogP contribution in [-0.4, -0.2) is 9.55 Å². The number of aromatic nitrogens is 2. The molecule has 5 rings (SSSR count). The Morgan fingerprint density at radius 1 is 0.880 bits per heavy atom. The van der Waals surface area contributed by atoms with E-state index < -0.39 is 0 Å². The van der Waals surface area contributed by atoms with Gasteiger partial charge in [-0.3, -0.25) is 4.57 Å². The number of fused-ring (bicyclic) bond motifs is 2. The van der Waals surface area contributed by atoms with Crippen LogP contribution in [0, 0.1) is 0 Å². The van der Waals surface area contributed by atoms with Gasteiger partial charge in [-0.1, -0.05) is 74.0 Å². The molecule has 0 N–H and O–H groups in total. The van der Waals surface area contributed by atoms with E-state index in [1.165, 1.54) is 11.1 Å². The van der Waals surface area contributed by atoms with E-state index in [1.54, 1.807) is 0 Å². The molecule has 2 nitrogen and oxygen atoms in total. The average molecular weight is 345 g/mol. The highest BCUT2D eigenvalue weighted by molar-refractivity contribution is 6.32. The first-order valence-electron chi connectivity index (χ1n) is 8.46. The highest BCUT2D eigenvalue weighted by Crippen LogP contribution is 2.48. The van der Waals surface area contributed by atoms with Crippen LogP contribution in [0.3, 0.4) is 0 Å². The van der Waals surface area contributed by atoms with Gasteiger partial charge >= 0.3 is 0 Å². The van der Waals surface area contributed by atoms with E-state index in [0.717, 1.165) is 33.2 Å². The molecule has 1 aliphatic heterocycles. The van der Waals surface area contributed by atoms with Crippen molar-refractivity contribution in [2.75, 3.05) is 0 Å². The number of nitrogens with zero attached hydrogens (tertiary/aromatic N) is 2. The lowest BCUT2D eigenvalue weighted by molar-refractivity contribution is 0.629. The standard InChI is InChI=1S/C22H17ClN2/c1-22(2)15-10-6-12-17-20(15)25(18-13-7-11-16(23)19(18)22)21(24-17)14-8-4-3-5-9-14/h3-13H,1-2H3. The largest absolute Gasteiger partial charge is 0.292 e. The normalized spacial score (nSPS) is 14.5. The molecule has 1 aliphatic rings. The van der Waals surface area contributed by atoms with Crippen molar-refractivity contribution in [3.63, 3.8) is 0 Å². The molecule has 0 fully saturated rings. The molecule has 0 bridgehead atoms. The second-order valence-electron chi connectivity index (χ2n) is 7.07. The van der Waals surface area contributed by atoms with Crippen molar-refractivity contribution in [2.45, 2.75) is 19.3 Å². The molecule has 0 radical (unpaired) electrons. The first-order chi connectivity index (χ1) is 12.1. The van der Waals surface area contributed by atoms with Crippen molar-refractivity contribution < 1.29 is 0 Å². The molecule has 25 heavy (non-hydrogen) atoms. The monoisotopic (exact) mass is 344 g/mol. The minimum absolute atomic E-state index is 0.169. The Balaban J connectivity index is 2.00. The van der Waals surface area contributed by atoms with E-state index in [0.29, 0.717) is 0 Å². The molecule has 122 valence electrons. The molecule has 0 unspecified atom stereocenters. The van der Waals surface area contributed by atoms with Gasteiger partial charge in [0, 0.05) is 21.6 Å². The number of para-hydroxylation sites is 1. The van der Waals surface area contributed by atoms with E-state index in [9.17, 15) is 0 Å². The maximum Gasteiger partial charge on any atom is 0.145 e. The Labute approximate surface area is 151 Å². The quantitative estimate of drug-likeness (QED) is 0.415. The Bertz CT molecular complexity index is 1120. The summed E-state index contributed by atoms with van der Waals surface area (Å²) >= 11 is 6.66. The zero-order chi connectivity index (χ0) is 17.2. The van der Waals surface area contributed by atoms with Crippen molar-refractivity contribution in [3.05, 3.63) is 82.9 Å².